The Bertz CT molecular complexity index is 679. The van der Waals surface area contributed by atoms with Gasteiger partial charge in [0.2, 0.25) is 5.91 Å². The molecule has 2 N–H and O–H groups in total. The van der Waals surface area contributed by atoms with Gasteiger partial charge in [0.25, 0.3) is 0 Å². The van der Waals surface area contributed by atoms with Crippen molar-refractivity contribution < 1.29 is 14.7 Å². The molecule has 0 spiro atoms. The van der Waals surface area contributed by atoms with Gasteiger partial charge in [-0.1, -0.05) is 25.1 Å². The number of hydrogen-bond acceptors (Lipinski definition) is 3. The van der Waals surface area contributed by atoms with Gasteiger partial charge in [0.05, 0.1) is 0 Å². The van der Waals surface area contributed by atoms with Crippen LogP contribution in [-0.2, 0) is 16.0 Å². The van der Waals surface area contributed by atoms with Crippen molar-refractivity contribution >= 4 is 33.3 Å². The Morgan fingerprint density at radius 2 is 2.05 bits per heavy atom. The first kappa shape index (κ1) is 16.5. The first-order valence-corrected chi connectivity index (χ1v) is 8.34. The summed E-state index contributed by atoms with van der Waals surface area (Å²) in [6.07, 6.45) is 2.25. The highest BCUT2D eigenvalue weighted by Gasteiger charge is 2.32. The van der Waals surface area contributed by atoms with Crippen LogP contribution in [0.5, 0.6) is 0 Å². The maximum atomic E-state index is 11.9. The van der Waals surface area contributed by atoms with Crippen molar-refractivity contribution in [1.82, 2.24) is 5.32 Å². The van der Waals surface area contributed by atoms with Crippen LogP contribution in [0.25, 0.3) is 10.1 Å². The summed E-state index contributed by atoms with van der Waals surface area (Å²) in [6.45, 7) is 3.30. The molecule has 0 fully saturated rings. The van der Waals surface area contributed by atoms with E-state index in [2.05, 4.69) is 22.8 Å². The minimum Gasteiger partial charge on any atom is -0.480 e. The molecule has 22 heavy (non-hydrogen) atoms. The Morgan fingerprint density at radius 1 is 1.32 bits per heavy atom. The summed E-state index contributed by atoms with van der Waals surface area (Å²) < 4.78 is 1.26. The van der Waals surface area contributed by atoms with Crippen LogP contribution in [0, 0.1) is 0 Å². The largest absolute Gasteiger partial charge is 0.480 e. The number of carboxylic acids is 1. The van der Waals surface area contributed by atoms with Crippen LogP contribution in [0.4, 0.5) is 0 Å². The maximum absolute atomic E-state index is 11.9. The highest BCUT2D eigenvalue weighted by molar-refractivity contribution is 7.17. The van der Waals surface area contributed by atoms with Crippen molar-refractivity contribution in [2.75, 3.05) is 0 Å². The number of nitrogens with one attached hydrogen (secondary N) is 1. The lowest BCUT2D eigenvalue weighted by Gasteiger charge is -2.24. The number of carbonyl (C=O) groups excluding carboxylic acids is 1. The summed E-state index contributed by atoms with van der Waals surface area (Å²) >= 11 is 1.71. The fourth-order valence-electron chi connectivity index (χ4n) is 2.33. The fourth-order valence-corrected chi connectivity index (χ4v) is 3.33. The molecule has 0 saturated carbocycles. The summed E-state index contributed by atoms with van der Waals surface area (Å²) in [5.74, 6) is -1.20. The van der Waals surface area contributed by atoms with Gasteiger partial charge in [0.1, 0.15) is 5.54 Å². The van der Waals surface area contributed by atoms with Gasteiger partial charge in [-0.2, -0.15) is 0 Å². The predicted octanol–water partition coefficient (Wildman–Crippen LogP) is 3.59. The normalized spacial score (nSPS) is 13.7. The third kappa shape index (κ3) is 3.65. The molecule has 1 unspecified atom stereocenters. The van der Waals surface area contributed by atoms with E-state index < -0.39 is 11.5 Å². The molecule has 1 amide bonds. The summed E-state index contributed by atoms with van der Waals surface area (Å²) in [4.78, 5) is 23.1. The molecule has 1 aromatic heterocycles. The van der Waals surface area contributed by atoms with Crippen molar-refractivity contribution in [3.05, 3.63) is 35.2 Å². The van der Waals surface area contributed by atoms with Crippen molar-refractivity contribution in [1.29, 1.82) is 0 Å². The molecule has 2 rings (SSSR count). The number of amides is 1. The van der Waals surface area contributed by atoms with E-state index >= 15 is 0 Å². The Hall–Kier alpha value is -1.88. The number of hydrogen-bond donors (Lipinski definition) is 2. The quantitative estimate of drug-likeness (QED) is 0.819. The molecule has 4 nitrogen and oxygen atoms in total. The first-order chi connectivity index (χ1) is 10.5. The van der Waals surface area contributed by atoms with Crippen LogP contribution in [0.1, 0.15) is 38.7 Å². The average molecular weight is 319 g/mol. The van der Waals surface area contributed by atoms with Gasteiger partial charge in [-0.05, 0) is 48.6 Å². The molecule has 1 heterocycles. The Morgan fingerprint density at radius 3 is 2.73 bits per heavy atom. The van der Waals surface area contributed by atoms with Crippen LogP contribution in [-0.4, -0.2) is 22.5 Å². The predicted molar refractivity (Wildman–Crippen MR) is 89.2 cm³/mol. The summed E-state index contributed by atoms with van der Waals surface area (Å²) in [5, 5.41) is 15.2. The zero-order valence-corrected chi connectivity index (χ0v) is 13.7. The van der Waals surface area contributed by atoms with E-state index in [-0.39, 0.29) is 5.91 Å². The highest BCUT2D eigenvalue weighted by Crippen LogP contribution is 2.26. The topological polar surface area (TPSA) is 66.4 Å². The highest BCUT2D eigenvalue weighted by atomic mass is 32.1. The molecule has 0 radical (unpaired) electrons. The van der Waals surface area contributed by atoms with E-state index in [1.165, 1.54) is 15.6 Å². The van der Waals surface area contributed by atoms with E-state index in [1.807, 2.05) is 12.1 Å². The molecule has 2 aromatic rings. The summed E-state index contributed by atoms with van der Waals surface area (Å²) in [6, 6.07) is 8.23. The third-order valence-corrected chi connectivity index (χ3v) is 5.02. The van der Waals surface area contributed by atoms with Gasteiger partial charge in [-0.3, -0.25) is 4.79 Å². The number of benzene rings is 1. The second kappa shape index (κ2) is 6.92. The van der Waals surface area contributed by atoms with Crippen LogP contribution >= 0.6 is 11.3 Å². The lowest BCUT2D eigenvalue weighted by Crippen LogP contribution is -2.51. The molecule has 0 bridgehead atoms. The molecule has 0 aliphatic rings. The summed E-state index contributed by atoms with van der Waals surface area (Å²) in [7, 11) is 0. The van der Waals surface area contributed by atoms with Crippen molar-refractivity contribution in [2.45, 2.75) is 45.1 Å². The molecule has 0 aliphatic carbocycles. The van der Waals surface area contributed by atoms with Gasteiger partial charge in [-0.15, -0.1) is 11.3 Å². The number of thiophene rings is 1. The third-order valence-electron chi connectivity index (χ3n) is 4.01. The number of carboxylic acid groups (broad SMARTS) is 1. The fraction of sp³-hybridized carbons (Fsp3) is 0.412. The molecule has 0 saturated heterocycles. The van der Waals surface area contributed by atoms with Gasteiger partial charge >= 0.3 is 5.97 Å². The van der Waals surface area contributed by atoms with Crippen LogP contribution in [0.2, 0.25) is 0 Å². The molecule has 1 atom stereocenters. The molecule has 1 aromatic carbocycles. The van der Waals surface area contributed by atoms with Crippen LogP contribution < -0.4 is 5.32 Å². The lowest BCUT2D eigenvalue weighted by molar-refractivity contribution is -0.147. The Labute approximate surface area is 134 Å². The molecule has 5 heteroatoms. The molecular formula is C17H21NO3S. The molecule has 0 aliphatic heterocycles. The average Bonchev–Trinajstić information content (AvgIpc) is 2.90. The first-order valence-electron chi connectivity index (χ1n) is 7.46. The zero-order valence-electron chi connectivity index (χ0n) is 12.9. The van der Waals surface area contributed by atoms with Gasteiger partial charge in [0.15, 0.2) is 0 Å². The standard InChI is InChI=1S/C17H21NO3S/c1-3-17(2,16(20)21)18-15(19)10-6-7-12-11-22-14-9-5-4-8-13(12)14/h4-5,8-9,11H,3,6-7,10H2,1-2H3,(H,18,19)(H,20,21). The van der Waals surface area contributed by atoms with Crippen LogP contribution in [0.3, 0.4) is 0 Å². The lowest BCUT2D eigenvalue weighted by atomic mass is 9.98. The maximum Gasteiger partial charge on any atom is 0.329 e. The monoisotopic (exact) mass is 319 g/mol. The van der Waals surface area contributed by atoms with Crippen molar-refractivity contribution in [3.8, 4) is 0 Å². The van der Waals surface area contributed by atoms with Crippen molar-refractivity contribution in [2.24, 2.45) is 0 Å². The number of aliphatic carboxylic acids is 1. The van der Waals surface area contributed by atoms with E-state index in [0.29, 0.717) is 19.3 Å². The van der Waals surface area contributed by atoms with Gasteiger partial charge in [-0.25, -0.2) is 4.79 Å². The SMILES string of the molecule is CCC(C)(NC(=O)CCCc1csc2ccccc12)C(=O)O. The molecule has 118 valence electrons. The Kier molecular flexibility index (Phi) is 5.19. The smallest absolute Gasteiger partial charge is 0.329 e. The number of carbonyl (C=O) groups is 2. The number of aryl methyl sites for hydroxylation is 1. The van der Waals surface area contributed by atoms with E-state index in [0.717, 1.165) is 6.42 Å². The van der Waals surface area contributed by atoms with Crippen LogP contribution in [0.15, 0.2) is 29.6 Å². The second-order valence-corrected chi connectivity index (χ2v) is 6.56. The zero-order chi connectivity index (χ0) is 16.2. The van der Waals surface area contributed by atoms with E-state index in [9.17, 15) is 9.59 Å². The van der Waals surface area contributed by atoms with Gasteiger partial charge < -0.3 is 10.4 Å². The summed E-state index contributed by atoms with van der Waals surface area (Å²) in [5.41, 5.74) is 0.0801. The van der Waals surface area contributed by atoms with Crippen molar-refractivity contribution in [3.63, 3.8) is 0 Å². The van der Waals surface area contributed by atoms with E-state index in [1.54, 1.807) is 25.2 Å². The van der Waals surface area contributed by atoms with Gasteiger partial charge in [0, 0.05) is 11.1 Å². The second-order valence-electron chi connectivity index (χ2n) is 5.65. The minimum atomic E-state index is -1.17. The molecular weight excluding hydrogens is 298 g/mol. The minimum absolute atomic E-state index is 0.203. The number of fused-ring (bicyclic) bond motifs is 1. The number of rotatable bonds is 7. The van der Waals surface area contributed by atoms with E-state index in [4.69, 9.17) is 5.11 Å². The Balaban J connectivity index is 1.88.